The van der Waals surface area contributed by atoms with Gasteiger partial charge in [0.05, 0.1) is 17.4 Å². The molecule has 6 heteroatoms. The first-order chi connectivity index (χ1) is 10.0. The number of nitriles is 1. The van der Waals surface area contributed by atoms with Gasteiger partial charge in [0, 0.05) is 6.54 Å². The molecule has 0 amide bonds. The van der Waals surface area contributed by atoms with Crippen molar-refractivity contribution in [2.45, 2.75) is 17.9 Å². The van der Waals surface area contributed by atoms with Gasteiger partial charge in [0.25, 0.3) is 0 Å². The molecule has 0 aliphatic carbocycles. The molecule has 0 unspecified atom stereocenters. The van der Waals surface area contributed by atoms with Gasteiger partial charge in [0.1, 0.15) is 5.82 Å². The van der Waals surface area contributed by atoms with Gasteiger partial charge in [0.15, 0.2) is 0 Å². The SMILES string of the molecule is N#CCc1ccc(S(=O)(=O)NCc2ccc(F)cc2)cc1. The monoisotopic (exact) mass is 304 g/mol. The van der Waals surface area contributed by atoms with E-state index in [1.54, 1.807) is 12.1 Å². The van der Waals surface area contributed by atoms with E-state index in [9.17, 15) is 12.8 Å². The zero-order valence-corrected chi connectivity index (χ0v) is 11.9. The topological polar surface area (TPSA) is 70.0 Å². The molecule has 0 spiro atoms. The quantitative estimate of drug-likeness (QED) is 0.922. The minimum Gasteiger partial charge on any atom is -0.207 e. The molecule has 0 aromatic heterocycles. The predicted molar refractivity (Wildman–Crippen MR) is 76.2 cm³/mol. The van der Waals surface area contributed by atoms with Crippen LogP contribution in [0.25, 0.3) is 0 Å². The van der Waals surface area contributed by atoms with Gasteiger partial charge in [-0.2, -0.15) is 5.26 Å². The molecular formula is C15H13FN2O2S. The van der Waals surface area contributed by atoms with Crippen molar-refractivity contribution in [1.82, 2.24) is 4.72 Å². The third-order valence-electron chi connectivity index (χ3n) is 2.90. The zero-order chi connectivity index (χ0) is 15.3. The van der Waals surface area contributed by atoms with Crippen LogP contribution in [-0.2, 0) is 23.0 Å². The summed E-state index contributed by atoms with van der Waals surface area (Å²) in [5, 5.41) is 8.57. The Bertz CT molecular complexity index is 748. The van der Waals surface area contributed by atoms with E-state index in [0.717, 1.165) is 5.56 Å². The predicted octanol–water partition coefficient (Wildman–Crippen LogP) is 2.37. The molecule has 108 valence electrons. The Labute approximate surface area is 122 Å². The van der Waals surface area contributed by atoms with Crippen molar-refractivity contribution in [2.24, 2.45) is 0 Å². The molecule has 0 saturated heterocycles. The highest BCUT2D eigenvalue weighted by Crippen LogP contribution is 2.12. The van der Waals surface area contributed by atoms with Gasteiger partial charge >= 0.3 is 0 Å². The smallest absolute Gasteiger partial charge is 0.207 e. The van der Waals surface area contributed by atoms with Gasteiger partial charge in [-0.3, -0.25) is 0 Å². The van der Waals surface area contributed by atoms with Crippen molar-refractivity contribution < 1.29 is 12.8 Å². The summed E-state index contributed by atoms with van der Waals surface area (Å²) in [6.45, 7) is 0.0859. The molecule has 0 aliphatic heterocycles. The van der Waals surface area contributed by atoms with Crippen LogP contribution in [0.2, 0.25) is 0 Å². The molecule has 0 radical (unpaired) electrons. The fourth-order valence-electron chi connectivity index (χ4n) is 1.74. The molecular weight excluding hydrogens is 291 g/mol. The fraction of sp³-hybridized carbons (Fsp3) is 0.133. The summed E-state index contributed by atoms with van der Waals surface area (Å²) in [6.07, 6.45) is 0.239. The first-order valence-corrected chi connectivity index (χ1v) is 7.69. The van der Waals surface area contributed by atoms with Crippen LogP contribution in [0.5, 0.6) is 0 Å². The maximum absolute atomic E-state index is 12.8. The summed E-state index contributed by atoms with van der Waals surface area (Å²) in [6, 6.07) is 13.7. The molecule has 4 nitrogen and oxygen atoms in total. The third-order valence-corrected chi connectivity index (χ3v) is 4.31. The summed E-state index contributed by atoms with van der Waals surface area (Å²) in [4.78, 5) is 0.131. The van der Waals surface area contributed by atoms with Crippen molar-refractivity contribution in [2.75, 3.05) is 0 Å². The van der Waals surface area contributed by atoms with E-state index >= 15 is 0 Å². The molecule has 2 rings (SSSR count). The number of sulfonamides is 1. The number of nitrogens with one attached hydrogen (secondary N) is 1. The van der Waals surface area contributed by atoms with Crippen LogP contribution in [0.15, 0.2) is 53.4 Å². The number of nitrogens with zero attached hydrogens (tertiary/aromatic N) is 1. The molecule has 2 aromatic rings. The number of hydrogen-bond donors (Lipinski definition) is 1. The van der Waals surface area contributed by atoms with Crippen molar-refractivity contribution in [1.29, 1.82) is 5.26 Å². The Morgan fingerprint density at radius 1 is 1.00 bits per heavy atom. The number of halogens is 1. The van der Waals surface area contributed by atoms with Crippen LogP contribution in [0.3, 0.4) is 0 Å². The standard InChI is InChI=1S/C15H13FN2O2S/c16-14-5-1-13(2-6-14)11-18-21(19,20)15-7-3-12(4-8-15)9-10-17/h1-8,18H,9,11H2. The van der Waals surface area contributed by atoms with E-state index in [-0.39, 0.29) is 23.7 Å². The largest absolute Gasteiger partial charge is 0.240 e. The van der Waals surface area contributed by atoms with Gasteiger partial charge in [-0.05, 0) is 35.4 Å². The van der Waals surface area contributed by atoms with Crippen LogP contribution >= 0.6 is 0 Å². The minimum atomic E-state index is -3.63. The third kappa shape index (κ3) is 4.12. The van der Waals surface area contributed by atoms with Crippen LogP contribution in [-0.4, -0.2) is 8.42 Å². The van der Waals surface area contributed by atoms with Crippen LogP contribution < -0.4 is 4.72 Å². The first kappa shape index (κ1) is 15.2. The summed E-state index contributed by atoms with van der Waals surface area (Å²) < 4.78 is 39.4. The summed E-state index contributed by atoms with van der Waals surface area (Å²) >= 11 is 0. The van der Waals surface area contributed by atoms with E-state index < -0.39 is 10.0 Å². The maximum atomic E-state index is 12.8. The Morgan fingerprint density at radius 2 is 1.57 bits per heavy atom. The van der Waals surface area contributed by atoms with Gasteiger partial charge in [0.2, 0.25) is 10.0 Å². The summed E-state index contributed by atoms with van der Waals surface area (Å²) in [7, 11) is -3.63. The second-order valence-corrected chi connectivity index (χ2v) is 6.20. The van der Waals surface area contributed by atoms with Crippen LogP contribution in [0, 0.1) is 17.1 Å². The molecule has 0 saturated carbocycles. The molecule has 0 aliphatic rings. The van der Waals surface area contributed by atoms with Gasteiger partial charge < -0.3 is 0 Å². The first-order valence-electron chi connectivity index (χ1n) is 6.21. The second kappa shape index (κ2) is 6.48. The highest BCUT2D eigenvalue weighted by atomic mass is 32.2. The normalized spacial score (nSPS) is 11.0. The van der Waals surface area contributed by atoms with Gasteiger partial charge in [-0.25, -0.2) is 17.5 Å². The lowest BCUT2D eigenvalue weighted by atomic mass is 10.2. The number of hydrogen-bond acceptors (Lipinski definition) is 3. The van der Waals surface area contributed by atoms with Crippen LogP contribution in [0.4, 0.5) is 4.39 Å². The fourth-order valence-corrected chi connectivity index (χ4v) is 2.76. The number of rotatable bonds is 5. The second-order valence-electron chi connectivity index (χ2n) is 4.43. The highest BCUT2D eigenvalue weighted by Gasteiger charge is 2.13. The Morgan fingerprint density at radius 3 is 2.14 bits per heavy atom. The zero-order valence-electron chi connectivity index (χ0n) is 11.1. The molecule has 1 N–H and O–H groups in total. The van der Waals surface area contributed by atoms with Crippen molar-refractivity contribution in [3.8, 4) is 6.07 Å². The number of benzene rings is 2. The van der Waals surface area contributed by atoms with Crippen molar-refractivity contribution in [3.63, 3.8) is 0 Å². The molecule has 0 fully saturated rings. The van der Waals surface area contributed by atoms with Gasteiger partial charge in [-0.15, -0.1) is 0 Å². The van der Waals surface area contributed by atoms with Crippen molar-refractivity contribution in [3.05, 3.63) is 65.5 Å². The van der Waals surface area contributed by atoms with E-state index in [1.165, 1.54) is 36.4 Å². The van der Waals surface area contributed by atoms with Crippen molar-refractivity contribution >= 4 is 10.0 Å². The molecule has 0 bridgehead atoms. The molecule has 0 atom stereocenters. The lowest BCUT2D eigenvalue weighted by Gasteiger charge is -2.07. The average Bonchev–Trinajstić information content (AvgIpc) is 2.48. The molecule has 2 aromatic carbocycles. The average molecular weight is 304 g/mol. The Balaban J connectivity index is 2.07. The van der Waals surface area contributed by atoms with E-state index in [0.29, 0.717) is 5.56 Å². The van der Waals surface area contributed by atoms with Crippen LogP contribution in [0.1, 0.15) is 11.1 Å². The highest BCUT2D eigenvalue weighted by molar-refractivity contribution is 7.89. The van der Waals surface area contributed by atoms with E-state index in [2.05, 4.69) is 4.72 Å². The Kier molecular flexibility index (Phi) is 4.68. The van der Waals surface area contributed by atoms with E-state index in [1.807, 2.05) is 6.07 Å². The molecule has 21 heavy (non-hydrogen) atoms. The summed E-state index contributed by atoms with van der Waals surface area (Å²) in [5.74, 6) is -0.366. The minimum absolute atomic E-state index is 0.0859. The lowest BCUT2D eigenvalue weighted by Crippen LogP contribution is -2.23. The Hall–Kier alpha value is -2.23. The maximum Gasteiger partial charge on any atom is 0.240 e. The lowest BCUT2D eigenvalue weighted by molar-refractivity contribution is 0.581. The van der Waals surface area contributed by atoms with Gasteiger partial charge in [-0.1, -0.05) is 24.3 Å². The summed E-state index contributed by atoms with van der Waals surface area (Å²) in [5.41, 5.74) is 1.43. The molecule has 0 heterocycles. The van der Waals surface area contributed by atoms with E-state index in [4.69, 9.17) is 5.26 Å².